The number of nitrogens with one attached hydrogen (secondary N) is 1. The fourth-order valence-electron chi connectivity index (χ4n) is 1.12. The summed E-state index contributed by atoms with van der Waals surface area (Å²) < 4.78 is 0. The van der Waals surface area contributed by atoms with E-state index in [1.165, 1.54) is 0 Å². The molecular weight excluding hydrogens is 212 g/mol. The third-order valence-electron chi connectivity index (χ3n) is 1.89. The van der Waals surface area contributed by atoms with E-state index in [2.05, 4.69) is 10.3 Å². The van der Waals surface area contributed by atoms with Gasteiger partial charge in [0.2, 0.25) is 0 Å². The summed E-state index contributed by atoms with van der Waals surface area (Å²) in [5, 5.41) is 2.75. The molecule has 0 fully saturated rings. The van der Waals surface area contributed by atoms with Crippen molar-refractivity contribution in [3.05, 3.63) is 41.7 Å². The molecule has 80 valence electrons. The summed E-state index contributed by atoms with van der Waals surface area (Å²) in [4.78, 5) is 15.7. The van der Waals surface area contributed by atoms with Crippen LogP contribution in [0.3, 0.4) is 0 Å². The number of carbonyl (C=O) groups is 1. The molecular formula is C11H13ClN2O. The van der Waals surface area contributed by atoms with Gasteiger partial charge in [-0.3, -0.25) is 9.78 Å². The van der Waals surface area contributed by atoms with Crippen molar-refractivity contribution < 1.29 is 4.79 Å². The molecule has 15 heavy (non-hydrogen) atoms. The summed E-state index contributed by atoms with van der Waals surface area (Å²) in [5.74, 6) is 0.349. The lowest BCUT2D eigenvalue weighted by Crippen LogP contribution is -2.24. The Morgan fingerprint density at radius 1 is 1.60 bits per heavy atom. The Bertz CT molecular complexity index is 363. The van der Waals surface area contributed by atoms with E-state index < -0.39 is 0 Å². The predicted molar refractivity (Wildman–Crippen MR) is 61.2 cm³/mol. The number of hydrogen-bond donors (Lipinski definition) is 1. The number of allylic oxidation sites excluding steroid dienone is 1. The smallest absolute Gasteiger partial charge is 0.253 e. The third-order valence-corrected chi connectivity index (χ3v) is 2.07. The van der Waals surface area contributed by atoms with Crippen LogP contribution in [-0.2, 0) is 0 Å². The van der Waals surface area contributed by atoms with Crippen LogP contribution in [-0.4, -0.2) is 23.3 Å². The van der Waals surface area contributed by atoms with Crippen LogP contribution in [0.5, 0.6) is 0 Å². The largest absolute Gasteiger partial charge is 0.349 e. The normalized spacial score (nSPS) is 10.5. The minimum Gasteiger partial charge on any atom is -0.349 e. The van der Waals surface area contributed by atoms with E-state index in [4.69, 9.17) is 11.6 Å². The minimum atomic E-state index is -0.111. The van der Waals surface area contributed by atoms with Crippen molar-refractivity contribution in [2.24, 2.45) is 0 Å². The molecule has 0 saturated heterocycles. The van der Waals surface area contributed by atoms with Gasteiger partial charge in [0.05, 0.1) is 5.56 Å². The number of aromatic nitrogens is 1. The zero-order valence-electron chi connectivity index (χ0n) is 8.53. The summed E-state index contributed by atoms with van der Waals surface area (Å²) in [7, 11) is 0. The molecule has 1 amide bonds. The van der Waals surface area contributed by atoms with Crippen molar-refractivity contribution in [3.63, 3.8) is 0 Å². The molecule has 0 unspecified atom stereocenters. The Kier molecular flexibility index (Phi) is 4.84. The number of halogens is 1. The van der Waals surface area contributed by atoms with Gasteiger partial charge in [0, 0.05) is 24.3 Å². The fourth-order valence-corrected chi connectivity index (χ4v) is 1.24. The van der Waals surface area contributed by atoms with E-state index >= 15 is 0 Å². The molecule has 0 aliphatic heterocycles. The quantitative estimate of drug-likeness (QED) is 0.627. The molecule has 0 aliphatic rings. The molecule has 0 saturated carbocycles. The summed E-state index contributed by atoms with van der Waals surface area (Å²) in [5.41, 5.74) is 1.34. The first-order valence-electron chi connectivity index (χ1n) is 4.66. The zero-order chi connectivity index (χ0) is 11.1. The Labute approximate surface area is 94.2 Å². The number of nitrogens with zero attached hydrogens (tertiary/aromatic N) is 1. The summed E-state index contributed by atoms with van der Waals surface area (Å²) >= 11 is 5.45. The van der Waals surface area contributed by atoms with Crippen molar-refractivity contribution in [3.8, 4) is 0 Å². The summed E-state index contributed by atoms with van der Waals surface area (Å²) in [6.07, 6.45) is 5.27. The standard InChI is InChI=1S/C11H13ClN2O/c1-9-10(5-4-8-13-9)11(15)14-7-3-2-6-12/h2-5,8H,6-7H2,1H3,(H,14,15)/b3-2+. The maximum atomic E-state index is 11.6. The molecule has 1 N–H and O–H groups in total. The van der Waals surface area contributed by atoms with Crippen LogP contribution in [0.2, 0.25) is 0 Å². The molecule has 1 heterocycles. The van der Waals surface area contributed by atoms with E-state index in [1.54, 1.807) is 24.4 Å². The third kappa shape index (κ3) is 3.72. The molecule has 0 bridgehead atoms. The lowest BCUT2D eigenvalue weighted by atomic mass is 10.2. The minimum absolute atomic E-state index is 0.111. The van der Waals surface area contributed by atoms with Crippen LogP contribution in [0, 0.1) is 6.92 Å². The Morgan fingerprint density at radius 2 is 2.40 bits per heavy atom. The van der Waals surface area contributed by atoms with Crippen molar-refractivity contribution in [2.45, 2.75) is 6.92 Å². The Balaban J connectivity index is 2.54. The average molecular weight is 225 g/mol. The van der Waals surface area contributed by atoms with Crippen molar-refractivity contribution >= 4 is 17.5 Å². The number of pyridine rings is 1. The van der Waals surface area contributed by atoms with Crippen LogP contribution in [0.1, 0.15) is 16.1 Å². The highest BCUT2D eigenvalue weighted by Crippen LogP contribution is 2.02. The van der Waals surface area contributed by atoms with Crippen molar-refractivity contribution in [1.29, 1.82) is 0 Å². The average Bonchev–Trinajstić information content (AvgIpc) is 2.25. The first kappa shape index (κ1) is 11.7. The molecule has 4 heteroatoms. The highest BCUT2D eigenvalue weighted by molar-refractivity contribution is 6.18. The van der Waals surface area contributed by atoms with Crippen LogP contribution in [0.4, 0.5) is 0 Å². The number of rotatable bonds is 4. The number of hydrogen-bond acceptors (Lipinski definition) is 2. The number of carbonyl (C=O) groups excluding carboxylic acids is 1. The van der Waals surface area contributed by atoms with Gasteiger partial charge in [-0.2, -0.15) is 0 Å². The van der Waals surface area contributed by atoms with Crippen LogP contribution in [0.15, 0.2) is 30.5 Å². The summed E-state index contributed by atoms with van der Waals surface area (Å²) in [6.45, 7) is 2.30. The van der Waals surface area contributed by atoms with Gasteiger partial charge in [0.1, 0.15) is 0 Å². The van der Waals surface area contributed by atoms with Gasteiger partial charge < -0.3 is 5.32 Å². The van der Waals surface area contributed by atoms with E-state index in [0.717, 1.165) is 5.69 Å². The van der Waals surface area contributed by atoms with Crippen LogP contribution < -0.4 is 5.32 Å². The second kappa shape index (κ2) is 6.19. The topological polar surface area (TPSA) is 42.0 Å². The van der Waals surface area contributed by atoms with Crippen LogP contribution in [0.25, 0.3) is 0 Å². The molecule has 1 aromatic rings. The van der Waals surface area contributed by atoms with Crippen molar-refractivity contribution in [2.75, 3.05) is 12.4 Å². The highest BCUT2D eigenvalue weighted by Gasteiger charge is 2.06. The van der Waals surface area contributed by atoms with Gasteiger partial charge in [0.25, 0.3) is 5.91 Å². The fraction of sp³-hybridized carbons (Fsp3) is 0.273. The Hall–Kier alpha value is -1.35. The number of alkyl halides is 1. The molecule has 3 nitrogen and oxygen atoms in total. The second-order valence-corrected chi connectivity index (χ2v) is 3.28. The summed E-state index contributed by atoms with van der Waals surface area (Å²) in [6, 6.07) is 3.50. The van der Waals surface area contributed by atoms with Gasteiger partial charge in [-0.25, -0.2) is 0 Å². The first-order chi connectivity index (χ1) is 7.25. The van der Waals surface area contributed by atoms with Crippen molar-refractivity contribution in [1.82, 2.24) is 10.3 Å². The SMILES string of the molecule is Cc1ncccc1C(=O)NC/C=C/CCl. The molecule has 0 spiro atoms. The van der Waals surface area contributed by atoms with E-state index in [1.807, 2.05) is 13.0 Å². The zero-order valence-corrected chi connectivity index (χ0v) is 9.29. The number of aryl methyl sites for hydroxylation is 1. The first-order valence-corrected chi connectivity index (χ1v) is 5.20. The van der Waals surface area contributed by atoms with Gasteiger partial charge in [-0.05, 0) is 19.1 Å². The van der Waals surface area contributed by atoms with Gasteiger partial charge in [-0.15, -0.1) is 11.6 Å². The maximum Gasteiger partial charge on any atom is 0.253 e. The highest BCUT2D eigenvalue weighted by atomic mass is 35.5. The van der Waals surface area contributed by atoms with Gasteiger partial charge >= 0.3 is 0 Å². The van der Waals surface area contributed by atoms with Crippen LogP contribution >= 0.6 is 11.6 Å². The predicted octanol–water partition coefficient (Wildman–Crippen LogP) is 1.91. The van der Waals surface area contributed by atoms with E-state index in [0.29, 0.717) is 18.0 Å². The van der Waals surface area contributed by atoms with Gasteiger partial charge in [-0.1, -0.05) is 12.2 Å². The molecule has 0 atom stereocenters. The van der Waals surface area contributed by atoms with E-state index in [9.17, 15) is 4.79 Å². The van der Waals surface area contributed by atoms with E-state index in [-0.39, 0.29) is 5.91 Å². The second-order valence-electron chi connectivity index (χ2n) is 2.97. The monoisotopic (exact) mass is 224 g/mol. The maximum absolute atomic E-state index is 11.6. The lowest BCUT2D eigenvalue weighted by Gasteiger charge is -2.04. The number of amides is 1. The Morgan fingerprint density at radius 3 is 3.07 bits per heavy atom. The van der Waals surface area contributed by atoms with Gasteiger partial charge in [0.15, 0.2) is 0 Å². The molecule has 0 aromatic carbocycles. The lowest BCUT2D eigenvalue weighted by molar-refractivity contribution is 0.0957. The molecule has 0 aliphatic carbocycles. The molecule has 0 radical (unpaired) electrons. The molecule has 1 rings (SSSR count). The molecule has 1 aromatic heterocycles.